The minimum Gasteiger partial charge on any atom is -0.378 e. The number of carbonyl (C=O) groups is 2. The topological polar surface area (TPSA) is 395 Å². The number of aryl methyl sites for hydroxylation is 8. The molecular formula is C76H77ClF17N31O3S5. The van der Waals surface area contributed by atoms with Gasteiger partial charge in [0.05, 0.1) is 98.8 Å². The van der Waals surface area contributed by atoms with Crippen LogP contribution in [0.5, 0.6) is 0 Å². The van der Waals surface area contributed by atoms with Gasteiger partial charge in [0, 0.05) is 63.0 Å². The van der Waals surface area contributed by atoms with Crippen LogP contribution in [0.1, 0.15) is 180 Å². The van der Waals surface area contributed by atoms with E-state index in [0.29, 0.717) is 90.3 Å². The fourth-order valence-corrected chi connectivity index (χ4v) is 17.4. The zero-order chi connectivity index (χ0) is 97.2. The van der Waals surface area contributed by atoms with Gasteiger partial charge in [-0.05, 0) is 110 Å². The molecule has 2 aliphatic heterocycles. The number of amides is 2. The maximum absolute atomic E-state index is 13.3. The van der Waals surface area contributed by atoms with Gasteiger partial charge in [0.1, 0.15) is 94.6 Å². The summed E-state index contributed by atoms with van der Waals surface area (Å²) in [6.07, 6.45) is -8.57. The summed E-state index contributed by atoms with van der Waals surface area (Å²) in [5, 5.41) is 32.1. The van der Waals surface area contributed by atoms with Gasteiger partial charge in [-0.15, -0.1) is 0 Å². The second-order valence-corrected chi connectivity index (χ2v) is 36.3. The van der Waals surface area contributed by atoms with Crippen LogP contribution in [-0.4, -0.2) is 186 Å². The van der Waals surface area contributed by atoms with Gasteiger partial charge in [-0.1, -0.05) is 68.3 Å². The van der Waals surface area contributed by atoms with Gasteiger partial charge in [-0.2, -0.15) is 81.2 Å². The molecule has 3 fully saturated rings. The van der Waals surface area contributed by atoms with Crippen LogP contribution in [0.2, 0.25) is 5.15 Å². The van der Waals surface area contributed by atoms with Crippen LogP contribution in [0, 0.1) is 55.4 Å². The summed E-state index contributed by atoms with van der Waals surface area (Å²) in [6.45, 7) is 24.8. The van der Waals surface area contributed by atoms with Gasteiger partial charge in [0.2, 0.25) is 29.7 Å². The van der Waals surface area contributed by atoms with Crippen molar-refractivity contribution in [3.63, 3.8) is 0 Å². The lowest BCUT2D eigenvalue weighted by molar-refractivity contribution is -0.139. The van der Waals surface area contributed by atoms with E-state index < -0.39 is 100 Å². The van der Waals surface area contributed by atoms with Crippen molar-refractivity contribution in [3.8, 4) is 0 Å². The van der Waals surface area contributed by atoms with Crippen LogP contribution < -0.4 is 26.6 Å². The average Bonchev–Trinajstić information content (AvgIpc) is 1.66. The number of ether oxygens (including phenoxy) is 1. The molecule has 2 saturated heterocycles. The molecule has 0 bridgehead atoms. The zero-order valence-corrected chi connectivity index (χ0v) is 76.8. The number of carbonyl (C=O) groups excluding carboxylic acids is 2. The molecule has 16 rings (SSSR count). The van der Waals surface area contributed by atoms with Crippen molar-refractivity contribution in [3.05, 3.63) is 178 Å². The quantitative estimate of drug-likeness (QED) is 0.0469. The standard InChI is InChI=1S/C17H18F3N7S.C15H14F5N5OS.C15H16F3N7S.C15H16F3N5O2S.C14H13ClF3N7S/c1-9-13(28-14(24-9)16(2,3)27-8-21-7-23-27)26-15-22-6-11(17(18,19)20)12(25-15)10-4-5-10;1-7-9(15(18,19)20)5-21-13(23-7)24-10-8(2)22-11(27-10)12(26)25-4-3-14(16,17)6-25;1-8-10(15(16,17)18)5-20-13(23-8)24-11-9(2)22-12(26-11)14(3,4)25-7-19-6-21-25;1-8-10(15(16,17)18)7-19-14(21-8)22-11-9(2)20-12(26-11)13(24)23-3-5-25-6-4-23;1-7-8(14(16,17)18)4-20-12(22-7)24-10-9(15)23-11(26-10)13(2,3)25-6-19-5-21-25/h6-8,10H,4-5H2,1-3H3,(H,22,25,26);5H,3-4,6H2,1-2H3,(H,21,23,24);5-7H,1-4H3,(H,20,23,24);7H,3-6H2,1-2H3,(H,19,21,22);4-6H,1-3H3,(H,20,22,24). The van der Waals surface area contributed by atoms with Crippen LogP contribution in [0.3, 0.4) is 0 Å². The van der Waals surface area contributed by atoms with Crippen molar-refractivity contribution in [2.75, 3.05) is 66.0 Å². The summed E-state index contributed by atoms with van der Waals surface area (Å²) in [5.74, 6) is -3.69. The highest BCUT2D eigenvalue weighted by molar-refractivity contribution is 7.18. The Kier molecular flexibility index (Phi) is 29.5. The van der Waals surface area contributed by atoms with E-state index >= 15 is 0 Å². The molecule has 5 N–H and O–H groups in total. The molecule has 0 atom stereocenters. The predicted octanol–water partition coefficient (Wildman–Crippen LogP) is 18.6. The minimum absolute atomic E-state index is 0.00571. The monoisotopic (exact) mass is 1990 g/mol. The summed E-state index contributed by atoms with van der Waals surface area (Å²) in [4.78, 5) is 99.3. The summed E-state index contributed by atoms with van der Waals surface area (Å²) < 4.78 is 230. The summed E-state index contributed by atoms with van der Waals surface area (Å²) in [5.41, 5.74) is -4.32. The Morgan fingerprint density at radius 3 is 1.00 bits per heavy atom. The third-order valence-electron chi connectivity index (χ3n) is 19.8. The molecule has 57 heteroatoms. The van der Waals surface area contributed by atoms with Crippen molar-refractivity contribution in [2.24, 2.45) is 0 Å². The summed E-state index contributed by atoms with van der Waals surface area (Å²) in [7, 11) is 0. The van der Waals surface area contributed by atoms with Gasteiger partial charge in [0.15, 0.2) is 15.2 Å². The van der Waals surface area contributed by atoms with E-state index in [0.717, 1.165) is 75.2 Å². The lowest BCUT2D eigenvalue weighted by Gasteiger charge is -2.25. The predicted molar refractivity (Wildman–Crippen MR) is 455 cm³/mol. The molecule has 13 aromatic heterocycles. The fourth-order valence-electron chi connectivity index (χ4n) is 12.2. The Balaban J connectivity index is 0.000000150. The minimum atomic E-state index is -4.56. The highest BCUT2D eigenvalue weighted by atomic mass is 35.5. The van der Waals surface area contributed by atoms with Crippen LogP contribution >= 0.6 is 68.3 Å². The fraction of sp³-hybridized carbons (Fsp3) is 0.434. The maximum Gasteiger partial charge on any atom is 0.419 e. The highest BCUT2D eigenvalue weighted by Gasteiger charge is 2.45. The lowest BCUT2D eigenvalue weighted by Crippen LogP contribution is -2.40. The molecule has 710 valence electrons. The molecule has 133 heavy (non-hydrogen) atoms. The second kappa shape index (κ2) is 39.3. The van der Waals surface area contributed by atoms with Crippen LogP contribution in [-0.2, 0) is 52.2 Å². The van der Waals surface area contributed by atoms with Gasteiger partial charge in [-0.25, -0.2) is 113 Å². The normalized spacial score (nSPS) is 14.4. The van der Waals surface area contributed by atoms with Gasteiger partial charge in [-0.3, -0.25) is 9.59 Å². The van der Waals surface area contributed by atoms with Crippen molar-refractivity contribution >= 4 is 135 Å². The molecule has 2 amide bonds. The van der Waals surface area contributed by atoms with E-state index in [2.05, 4.69) is 132 Å². The first-order valence-corrected chi connectivity index (χ1v) is 43.6. The number of thiazole rings is 5. The molecule has 0 unspecified atom stereocenters. The molecule has 1 saturated carbocycles. The van der Waals surface area contributed by atoms with Crippen LogP contribution in [0.15, 0.2) is 68.9 Å². The van der Waals surface area contributed by atoms with E-state index in [1.54, 1.807) is 58.7 Å². The molecular weight excluding hydrogens is 1910 g/mol. The van der Waals surface area contributed by atoms with Crippen LogP contribution in [0.4, 0.5) is 129 Å². The first kappa shape index (κ1) is 100.0. The number of hydrogen-bond acceptors (Lipinski definition) is 34. The van der Waals surface area contributed by atoms with E-state index in [-0.39, 0.29) is 86.7 Å². The van der Waals surface area contributed by atoms with Crippen molar-refractivity contribution < 1.29 is 89.0 Å². The first-order valence-electron chi connectivity index (χ1n) is 39.1. The van der Waals surface area contributed by atoms with Gasteiger partial charge >= 0.3 is 30.9 Å². The number of anilines is 10. The first-order chi connectivity index (χ1) is 62.0. The molecule has 3 aliphatic rings. The van der Waals surface area contributed by atoms with Crippen molar-refractivity contribution in [2.45, 2.75) is 176 Å². The Morgan fingerprint density at radius 1 is 0.391 bits per heavy atom. The Labute approximate surface area is 768 Å². The van der Waals surface area contributed by atoms with E-state index in [9.17, 15) is 84.2 Å². The molecule has 0 spiro atoms. The third kappa shape index (κ3) is 24.3. The number of nitrogens with one attached hydrogen (secondary N) is 5. The summed E-state index contributed by atoms with van der Waals surface area (Å²) >= 11 is 12.2. The molecule has 15 heterocycles. The van der Waals surface area contributed by atoms with Crippen LogP contribution in [0.25, 0.3) is 0 Å². The van der Waals surface area contributed by atoms with Crippen molar-refractivity contribution in [1.82, 2.24) is 129 Å². The van der Waals surface area contributed by atoms with Gasteiger partial charge in [0.25, 0.3) is 17.7 Å². The molecule has 1 aliphatic carbocycles. The average molecular weight is 1990 g/mol. The Hall–Kier alpha value is -12.0. The highest BCUT2D eigenvalue weighted by Crippen LogP contribution is 2.47. The lowest BCUT2D eigenvalue weighted by atomic mass is 10.1. The molecule has 0 aromatic carbocycles. The number of halogens is 18. The maximum atomic E-state index is 13.3. The number of morpholine rings is 1. The Bertz CT molecular complexity index is 6110. The second-order valence-electron chi connectivity index (χ2n) is 31.0. The number of likely N-dealkylation sites (tertiary alicyclic amines) is 1. The number of alkyl halides is 17. The van der Waals surface area contributed by atoms with E-state index in [4.69, 9.17) is 16.3 Å². The third-order valence-corrected chi connectivity index (χ3v) is 26.4. The zero-order valence-electron chi connectivity index (χ0n) is 72.0. The number of nitrogens with zero attached hydrogens (tertiary/aromatic N) is 26. The Morgan fingerprint density at radius 2 is 0.692 bits per heavy atom. The number of rotatable bonds is 19. The molecule has 13 aromatic rings. The van der Waals surface area contributed by atoms with Gasteiger partial charge < -0.3 is 41.1 Å². The number of aromatic nitrogens is 24. The van der Waals surface area contributed by atoms with Crippen molar-refractivity contribution in [1.29, 1.82) is 0 Å². The van der Waals surface area contributed by atoms with E-state index in [1.165, 1.54) is 80.7 Å². The van der Waals surface area contributed by atoms with E-state index in [1.807, 2.05) is 48.5 Å². The molecule has 0 radical (unpaired) electrons. The summed E-state index contributed by atoms with van der Waals surface area (Å²) in [6, 6.07) is 0. The SMILES string of the molecule is Cc1nc(C(C)(C)n2cncn2)sc1Nc1ncc(C(F)(F)F)c(C2CC2)n1.Cc1nc(Nc2sc(C(=O)N3CCC(F)(F)C3)nc2C)ncc1C(F)(F)F.Cc1nc(Nc2sc(C(=O)N3CCOCC3)nc2C)ncc1C(F)(F)F.Cc1nc(Nc2sc(C(C)(C)n3cncn3)nc2C)ncc1C(F)(F)F.Cc1nc(Nc2sc(C(C)(C)n3cncn3)nc2Cl)ncc1C(F)(F)F. The number of hydrogen-bond donors (Lipinski definition) is 5. The largest absolute Gasteiger partial charge is 0.419 e. The molecule has 34 nitrogen and oxygen atoms in total. The smallest absolute Gasteiger partial charge is 0.378 e.